The molecule has 2 amide bonds. The number of nitriles is 1. The Hall–Kier alpha value is -2.98. The number of thioether (sulfide) groups is 1. The second kappa shape index (κ2) is 9.99. The molecule has 0 aromatic heterocycles. The molecule has 2 aromatic carbocycles. The number of ether oxygens (including phenoxy) is 1. The molecular formula is C22H23N3O3S. The highest BCUT2D eigenvalue weighted by Crippen LogP contribution is 2.28. The Morgan fingerprint density at radius 3 is 2.93 bits per heavy atom. The van der Waals surface area contributed by atoms with E-state index in [2.05, 4.69) is 11.4 Å². The Bertz CT molecular complexity index is 926. The van der Waals surface area contributed by atoms with E-state index in [1.165, 1.54) is 0 Å². The maximum absolute atomic E-state index is 12.5. The van der Waals surface area contributed by atoms with Gasteiger partial charge in [0.05, 0.1) is 24.7 Å². The lowest BCUT2D eigenvalue weighted by atomic mass is 10.1. The fraction of sp³-hybridized carbons (Fsp3) is 0.318. The predicted octanol–water partition coefficient (Wildman–Crippen LogP) is 2.97. The molecule has 1 heterocycles. The lowest BCUT2D eigenvalue weighted by molar-refractivity contribution is -0.126. The lowest BCUT2D eigenvalue weighted by Gasteiger charge is -2.17. The summed E-state index contributed by atoms with van der Waals surface area (Å²) >= 11 is 1.67. The van der Waals surface area contributed by atoms with Gasteiger partial charge in [-0.2, -0.15) is 17.0 Å². The van der Waals surface area contributed by atoms with Crippen LogP contribution in [0.15, 0.2) is 48.5 Å². The van der Waals surface area contributed by atoms with Crippen LogP contribution in [0.25, 0.3) is 0 Å². The molecule has 1 aliphatic rings. The number of benzene rings is 2. The van der Waals surface area contributed by atoms with Gasteiger partial charge in [-0.15, -0.1) is 0 Å². The second-order valence-electron chi connectivity index (χ2n) is 6.72. The van der Waals surface area contributed by atoms with E-state index in [-0.39, 0.29) is 24.2 Å². The molecule has 3 rings (SSSR count). The van der Waals surface area contributed by atoms with Crippen LogP contribution < -0.4 is 15.0 Å². The molecule has 0 aliphatic carbocycles. The van der Waals surface area contributed by atoms with Crippen LogP contribution in [0.5, 0.6) is 5.75 Å². The summed E-state index contributed by atoms with van der Waals surface area (Å²) in [7, 11) is 1.58. The van der Waals surface area contributed by atoms with Gasteiger partial charge >= 0.3 is 0 Å². The standard InChI is InChI=1S/C22H23N3O3S/c1-28-20-8-4-7-19(12-20)25-14-18(11-21(25)26)22(27)24-9-10-29-15-17-6-3-2-5-16(17)13-23/h2-8,12,18H,9-11,14-15H2,1H3,(H,24,27). The van der Waals surface area contributed by atoms with Gasteiger partial charge in [0.1, 0.15) is 5.75 Å². The van der Waals surface area contributed by atoms with E-state index >= 15 is 0 Å². The molecule has 29 heavy (non-hydrogen) atoms. The number of carbonyl (C=O) groups is 2. The summed E-state index contributed by atoms with van der Waals surface area (Å²) in [6.07, 6.45) is 0.214. The van der Waals surface area contributed by atoms with Gasteiger partial charge in [0.25, 0.3) is 0 Å². The van der Waals surface area contributed by atoms with Crippen LogP contribution in [-0.4, -0.2) is 37.8 Å². The number of carbonyl (C=O) groups excluding carboxylic acids is 2. The molecule has 7 heteroatoms. The van der Waals surface area contributed by atoms with Gasteiger partial charge < -0.3 is 15.0 Å². The summed E-state index contributed by atoms with van der Waals surface area (Å²) in [5.41, 5.74) is 2.43. The van der Waals surface area contributed by atoms with E-state index in [9.17, 15) is 9.59 Å². The number of nitrogens with one attached hydrogen (secondary N) is 1. The third-order valence-electron chi connectivity index (χ3n) is 4.80. The highest BCUT2D eigenvalue weighted by atomic mass is 32.2. The first kappa shape index (κ1) is 20.7. The Kier molecular flexibility index (Phi) is 7.14. The fourth-order valence-electron chi connectivity index (χ4n) is 3.24. The number of hydrogen-bond donors (Lipinski definition) is 1. The summed E-state index contributed by atoms with van der Waals surface area (Å²) in [4.78, 5) is 26.5. The highest BCUT2D eigenvalue weighted by molar-refractivity contribution is 7.98. The Balaban J connectivity index is 1.44. The van der Waals surface area contributed by atoms with Crippen LogP contribution in [0.4, 0.5) is 5.69 Å². The predicted molar refractivity (Wildman–Crippen MR) is 114 cm³/mol. The third-order valence-corrected chi connectivity index (χ3v) is 5.81. The molecule has 6 nitrogen and oxygen atoms in total. The largest absolute Gasteiger partial charge is 0.497 e. The molecule has 1 N–H and O–H groups in total. The average molecular weight is 410 g/mol. The number of anilines is 1. The first-order valence-electron chi connectivity index (χ1n) is 9.40. The van der Waals surface area contributed by atoms with Gasteiger partial charge in [-0.1, -0.05) is 24.3 Å². The number of nitrogens with zero attached hydrogens (tertiary/aromatic N) is 2. The quantitative estimate of drug-likeness (QED) is 0.678. The van der Waals surface area contributed by atoms with Gasteiger partial charge in [-0.25, -0.2) is 0 Å². The van der Waals surface area contributed by atoms with E-state index in [0.717, 1.165) is 22.8 Å². The molecule has 0 spiro atoms. The zero-order chi connectivity index (χ0) is 20.6. The van der Waals surface area contributed by atoms with Gasteiger partial charge in [0, 0.05) is 42.8 Å². The van der Waals surface area contributed by atoms with Crippen LogP contribution in [0.1, 0.15) is 17.5 Å². The maximum atomic E-state index is 12.5. The van der Waals surface area contributed by atoms with E-state index < -0.39 is 0 Å². The molecule has 0 saturated carbocycles. The zero-order valence-electron chi connectivity index (χ0n) is 16.3. The summed E-state index contributed by atoms with van der Waals surface area (Å²) in [5, 5.41) is 12.0. The average Bonchev–Trinajstić information content (AvgIpc) is 3.15. The first-order valence-corrected chi connectivity index (χ1v) is 10.6. The minimum atomic E-state index is -0.349. The second-order valence-corrected chi connectivity index (χ2v) is 7.82. The van der Waals surface area contributed by atoms with E-state index in [1.807, 2.05) is 42.5 Å². The molecular weight excluding hydrogens is 386 g/mol. The van der Waals surface area contributed by atoms with Crippen molar-refractivity contribution in [2.45, 2.75) is 12.2 Å². The number of rotatable bonds is 8. The normalized spacial score (nSPS) is 15.8. The monoisotopic (exact) mass is 409 g/mol. The number of amides is 2. The molecule has 1 saturated heterocycles. The van der Waals surface area contributed by atoms with Crippen molar-refractivity contribution in [3.63, 3.8) is 0 Å². The maximum Gasteiger partial charge on any atom is 0.227 e. The molecule has 1 atom stereocenters. The SMILES string of the molecule is COc1cccc(N2CC(C(=O)NCCSCc3ccccc3C#N)CC2=O)c1. The van der Waals surface area contributed by atoms with Crippen LogP contribution in [-0.2, 0) is 15.3 Å². The minimum Gasteiger partial charge on any atom is -0.497 e. The summed E-state index contributed by atoms with van der Waals surface area (Å²) in [5.74, 6) is 1.65. The molecule has 1 unspecified atom stereocenters. The highest BCUT2D eigenvalue weighted by Gasteiger charge is 2.35. The van der Waals surface area contributed by atoms with E-state index in [0.29, 0.717) is 24.4 Å². The number of methoxy groups -OCH3 is 1. The van der Waals surface area contributed by atoms with Gasteiger partial charge in [0.2, 0.25) is 11.8 Å². The lowest BCUT2D eigenvalue weighted by Crippen LogP contribution is -2.34. The Labute approximate surface area is 174 Å². The smallest absolute Gasteiger partial charge is 0.227 e. The van der Waals surface area contributed by atoms with Gasteiger partial charge in [-0.05, 0) is 23.8 Å². The van der Waals surface area contributed by atoms with Crippen molar-refractivity contribution in [1.82, 2.24) is 5.32 Å². The molecule has 1 fully saturated rings. The fourth-order valence-corrected chi connectivity index (χ4v) is 4.10. The minimum absolute atomic E-state index is 0.0547. The third kappa shape index (κ3) is 5.30. The Morgan fingerprint density at radius 2 is 2.14 bits per heavy atom. The zero-order valence-corrected chi connectivity index (χ0v) is 17.1. The molecule has 0 bridgehead atoms. The van der Waals surface area contributed by atoms with Crippen molar-refractivity contribution < 1.29 is 14.3 Å². The van der Waals surface area contributed by atoms with Crippen LogP contribution in [0.3, 0.4) is 0 Å². The van der Waals surface area contributed by atoms with E-state index in [4.69, 9.17) is 10.00 Å². The van der Waals surface area contributed by atoms with Crippen LogP contribution >= 0.6 is 11.8 Å². The van der Waals surface area contributed by atoms with Gasteiger partial charge in [-0.3, -0.25) is 9.59 Å². The summed E-state index contributed by atoms with van der Waals surface area (Å²) in [6.45, 7) is 0.905. The van der Waals surface area contributed by atoms with E-state index in [1.54, 1.807) is 29.8 Å². The van der Waals surface area contributed by atoms with Gasteiger partial charge in [0.15, 0.2) is 0 Å². The number of hydrogen-bond acceptors (Lipinski definition) is 5. The van der Waals surface area contributed by atoms with Crippen molar-refractivity contribution in [3.05, 3.63) is 59.7 Å². The first-order chi connectivity index (χ1) is 14.1. The van der Waals surface area contributed by atoms with Crippen molar-refractivity contribution in [2.75, 3.05) is 30.9 Å². The Morgan fingerprint density at radius 1 is 1.31 bits per heavy atom. The molecule has 0 radical (unpaired) electrons. The molecule has 1 aliphatic heterocycles. The van der Waals surface area contributed by atoms with Crippen molar-refractivity contribution in [3.8, 4) is 11.8 Å². The van der Waals surface area contributed by atoms with Crippen molar-refractivity contribution in [1.29, 1.82) is 5.26 Å². The molecule has 150 valence electrons. The van der Waals surface area contributed by atoms with Crippen molar-refractivity contribution in [2.24, 2.45) is 5.92 Å². The topological polar surface area (TPSA) is 82.4 Å². The van der Waals surface area contributed by atoms with Crippen LogP contribution in [0.2, 0.25) is 0 Å². The van der Waals surface area contributed by atoms with Crippen molar-refractivity contribution >= 4 is 29.3 Å². The molecule has 2 aromatic rings. The van der Waals surface area contributed by atoms with Crippen LogP contribution in [0, 0.1) is 17.2 Å². The summed E-state index contributed by atoms with van der Waals surface area (Å²) in [6, 6.07) is 17.0. The summed E-state index contributed by atoms with van der Waals surface area (Å²) < 4.78 is 5.21.